The number of fused-ring (bicyclic) bond motifs is 1. The maximum absolute atomic E-state index is 14.4. The number of nitrogens with two attached hydrogens (primary N) is 1. The number of esters is 1. The van der Waals surface area contributed by atoms with Crippen molar-refractivity contribution >= 4 is 46.9 Å². The van der Waals surface area contributed by atoms with Crippen LogP contribution in [-0.4, -0.2) is 41.0 Å². The Labute approximate surface area is 269 Å². The number of amides is 2. The summed E-state index contributed by atoms with van der Waals surface area (Å²) >= 11 is 12.6. The van der Waals surface area contributed by atoms with E-state index in [1.807, 2.05) is 0 Å². The van der Waals surface area contributed by atoms with Gasteiger partial charge in [-0.25, -0.2) is 9.59 Å². The van der Waals surface area contributed by atoms with Crippen molar-refractivity contribution in [1.82, 2.24) is 5.32 Å². The highest BCUT2D eigenvalue weighted by Crippen LogP contribution is 2.50. The number of quaternary nitrogens is 1. The van der Waals surface area contributed by atoms with Crippen molar-refractivity contribution in [3.63, 3.8) is 0 Å². The minimum atomic E-state index is -0.910. The van der Waals surface area contributed by atoms with Gasteiger partial charge in [0.1, 0.15) is 17.9 Å². The number of hydrogen-bond acceptors (Lipinski definition) is 7. The van der Waals surface area contributed by atoms with E-state index in [-0.39, 0.29) is 63.2 Å². The average Bonchev–Trinajstić information content (AvgIpc) is 3.25. The minimum absolute atomic E-state index is 0.0260. The zero-order valence-electron chi connectivity index (χ0n) is 26.7. The van der Waals surface area contributed by atoms with Crippen LogP contribution in [0, 0.1) is 28.6 Å². The summed E-state index contributed by atoms with van der Waals surface area (Å²) in [6, 6.07) is 4.95. The summed E-state index contributed by atoms with van der Waals surface area (Å²) in [6.45, 7) is 17.0. The van der Waals surface area contributed by atoms with Crippen molar-refractivity contribution in [2.24, 2.45) is 39.4 Å². The monoisotopic (exact) mass is 645 g/mol. The van der Waals surface area contributed by atoms with Crippen LogP contribution in [0.4, 0.5) is 4.79 Å². The Kier molecular flexibility index (Phi) is 9.58. The number of aliphatic imine (C=N–C) groups is 1. The topological polar surface area (TPSA) is 120 Å². The first-order valence-electron chi connectivity index (χ1n) is 14.9. The number of carbonyl (C=O) groups is 3. The van der Waals surface area contributed by atoms with Crippen LogP contribution in [0.15, 0.2) is 58.6 Å². The van der Waals surface area contributed by atoms with Crippen molar-refractivity contribution in [2.45, 2.75) is 74.3 Å². The van der Waals surface area contributed by atoms with E-state index in [1.54, 1.807) is 31.2 Å². The van der Waals surface area contributed by atoms with Crippen molar-refractivity contribution in [3.05, 3.63) is 69.3 Å². The van der Waals surface area contributed by atoms with Crippen LogP contribution < -0.4 is 11.2 Å². The molecule has 3 atom stereocenters. The molecule has 2 aliphatic heterocycles. The molecule has 3 N–H and O–H groups in total. The third kappa shape index (κ3) is 6.81. The first kappa shape index (κ1) is 33.9. The lowest BCUT2D eigenvalue weighted by Crippen LogP contribution is -2.53. The largest absolute Gasteiger partial charge is 0.458 e. The number of nitrogens with zero attached hydrogens (tertiary/aromatic N) is 2. The maximum Gasteiger partial charge on any atom is 0.414 e. The third-order valence-electron chi connectivity index (χ3n) is 8.69. The molecule has 1 fully saturated rings. The number of hydrogen-bond donors (Lipinski definition) is 2. The average molecular weight is 647 g/mol. The zero-order valence-corrected chi connectivity index (χ0v) is 28.2. The lowest BCUT2D eigenvalue weighted by molar-refractivity contribution is -0.808. The summed E-state index contributed by atoms with van der Waals surface area (Å²) in [5.41, 5.74) is 0.594. The highest BCUT2D eigenvalue weighted by Gasteiger charge is 2.50. The number of halogens is 2. The number of benzene rings is 1. The lowest BCUT2D eigenvalue weighted by Gasteiger charge is -2.50. The quantitative estimate of drug-likeness (QED) is 0.201. The maximum atomic E-state index is 14.4. The first-order valence-corrected chi connectivity index (χ1v) is 15.7. The molecule has 11 heteroatoms. The Morgan fingerprint density at radius 3 is 2.18 bits per heavy atom. The van der Waals surface area contributed by atoms with Gasteiger partial charge in [-0.05, 0) is 48.6 Å². The molecule has 0 bridgehead atoms. The zero-order chi connectivity index (χ0) is 32.8. The van der Waals surface area contributed by atoms with Crippen LogP contribution in [0.5, 0.6) is 0 Å². The van der Waals surface area contributed by atoms with Gasteiger partial charge in [0, 0.05) is 29.6 Å². The Morgan fingerprint density at radius 2 is 1.64 bits per heavy atom. The molecule has 1 aromatic rings. The summed E-state index contributed by atoms with van der Waals surface area (Å²) in [4.78, 5) is 44.3. The van der Waals surface area contributed by atoms with Gasteiger partial charge < -0.3 is 9.47 Å². The van der Waals surface area contributed by atoms with Crippen LogP contribution in [0.25, 0.3) is 0 Å². The van der Waals surface area contributed by atoms with Crippen molar-refractivity contribution in [2.75, 3.05) is 6.61 Å². The molecule has 1 aliphatic carbocycles. The van der Waals surface area contributed by atoms with Gasteiger partial charge in [-0.15, -0.1) is 4.59 Å². The smallest absolute Gasteiger partial charge is 0.414 e. The fraction of sp³-hybridized carbons (Fsp3) is 0.515. The number of imide groups is 1. The standard InChI is InChI=1S/C33H42Cl2N4O5/c1-9-43-31(42)38-29(40)25-12-13-26-37-27(19-10-11-23(34)24(35)16-19)20(17-39(25,26)36)30(41)44-28-21(32(3,4)5)14-18(2)15-22(28)33(6,7)8/h10-13,16-18,21-22,28H,9,14-15,36H2,1-8H3/p+1. The molecule has 44 heavy (non-hydrogen) atoms. The van der Waals surface area contributed by atoms with E-state index in [2.05, 4.69) is 53.8 Å². The molecule has 4 rings (SSSR count). The van der Waals surface area contributed by atoms with Crippen LogP contribution in [-0.2, 0) is 19.1 Å². The van der Waals surface area contributed by atoms with Gasteiger partial charge in [0.15, 0.2) is 0 Å². The molecule has 3 aliphatic rings. The van der Waals surface area contributed by atoms with Crippen molar-refractivity contribution in [3.8, 4) is 0 Å². The number of alkyl carbamates (subject to hydrolysis) is 1. The molecule has 0 aromatic heterocycles. The van der Waals surface area contributed by atoms with E-state index in [1.165, 1.54) is 12.3 Å². The molecule has 238 valence electrons. The van der Waals surface area contributed by atoms with Crippen molar-refractivity contribution < 1.29 is 28.4 Å². The van der Waals surface area contributed by atoms with Crippen LogP contribution in [0.3, 0.4) is 0 Å². The summed E-state index contributed by atoms with van der Waals surface area (Å²) < 4.78 is 10.6. The second-order valence-electron chi connectivity index (χ2n) is 14.1. The molecule has 3 unspecified atom stereocenters. The molecule has 2 amide bonds. The predicted octanol–water partition coefficient (Wildman–Crippen LogP) is 7.05. The second-order valence-corrected chi connectivity index (χ2v) is 14.9. The summed E-state index contributed by atoms with van der Waals surface area (Å²) in [6.07, 6.45) is 5.01. The normalized spacial score (nSPS) is 26.9. The van der Waals surface area contributed by atoms with Gasteiger partial charge >= 0.3 is 18.0 Å². The van der Waals surface area contributed by atoms with E-state index >= 15 is 0 Å². The fourth-order valence-corrected chi connectivity index (χ4v) is 6.65. The van der Waals surface area contributed by atoms with Gasteiger partial charge in [-0.3, -0.25) is 10.1 Å². The number of allylic oxidation sites excluding steroid dienone is 2. The first-order chi connectivity index (χ1) is 20.4. The Hall–Kier alpha value is -2.98. The summed E-state index contributed by atoms with van der Waals surface area (Å²) in [7, 11) is 0. The SMILES string of the molecule is CCOC(=O)NC(=O)C1=CC=C2N=C(c3ccc(Cl)c(Cl)c3)C(C(=O)OC3C(C(C)(C)C)CC(C)CC3C(C)(C)C)=C[N+]21N. The van der Waals surface area contributed by atoms with E-state index in [0.717, 1.165) is 12.8 Å². The van der Waals surface area contributed by atoms with E-state index < -0.39 is 22.6 Å². The lowest BCUT2D eigenvalue weighted by atomic mass is 9.59. The summed E-state index contributed by atoms with van der Waals surface area (Å²) in [5, 5.41) is 2.81. The van der Waals surface area contributed by atoms with Crippen LogP contribution >= 0.6 is 23.2 Å². The van der Waals surface area contributed by atoms with E-state index in [4.69, 9.17) is 43.5 Å². The molecule has 1 aromatic carbocycles. The highest BCUT2D eigenvalue weighted by atomic mass is 35.5. The van der Waals surface area contributed by atoms with Gasteiger partial charge in [0.25, 0.3) is 5.82 Å². The van der Waals surface area contributed by atoms with Gasteiger partial charge in [0.2, 0.25) is 5.70 Å². The number of nitrogens with one attached hydrogen (secondary N) is 1. The minimum Gasteiger partial charge on any atom is -0.458 e. The molecule has 2 heterocycles. The molecule has 0 spiro atoms. The Balaban J connectivity index is 1.79. The molecule has 0 saturated heterocycles. The highest BCUT2D eigenvalue weighted by molar-refractivity contribution is 6.42. The number of rotatable bonds is 5. The van der Waals surface area contributed by atoms with Crippen molar-refractivity contribution in [1.29, 1.82) is 0 Å². The van der Waals surface area contributed by atoms with E-state index in [0.29, 0.717) is 16.5 Å². The third-order valence-corrected chi connectivity index (χ3v) is 9.43. The Bertz CT molecular complexity index is 1460. The second kappa shape index (κ2) is 12.4. The van der Waals surface area contributed by atoms with Crippen LogP contribution in [0.2, 0.25) is 10.0 Å². The number of carbonyl (C=O) groups excluding carboxylic acids is 3. The van der Waals surface area contributed by atoms with Crippen LogP contribution in [0.1, 0.15) is 73.8 Å². The number of ether oxygens (including phenoxy) is 2. The molecular formula is C33H43Cl2N4O5+. The molecule has 9 nitrogen and oxygen atoms in total. The fourth-order valence-electron chi connectivity index (χ4n) is 6.36. The van der Waals surface area contributed by atoms with Gasteiger partial charge in [-0.1, -0.05) is 77.7 Å². The molecule has 1 saturated carbocycles. The predicted molar refractivity (Wildman–Crippen MR) is 171 cm³/mol. The molecular weight excluding hydrogens is 603 g/mol. The molecule has 0 radical (unpaired) electrons. The van der Waals surface area contributed by atoms with Gasteiger partial charge in [-0.2, -0.15) is 10.8 Å². The summed E-state index contributed by atoms with van der Waals surface area (Å²) in [5.74, 6) is 6.31. The van der Waals surface area contributed by atoms with E-state index in [9.17, 15) is 14.4 Å². The van der Waals surface area contributed by atoms with Gasteiger partial charge in [0.05, 0.1) is 22.4 Å². The Morgan fingerprint density at radius 1 is 1.02 bits per heavy atom.